The Labute approximate surface area is 104 Å². The van der Waals surface area contributed by atoms with Crippen LogP contribution in [0.4, 0.5) is 0 Å². The van der Waals surface area contributed by atoms with Gasteiger partial charge in [0, 0.05) is 18.1 Å². The third kappa shape index (κ3) is 2.71. The first-order valence-corrected chi connectivity index (χ1v) is 6.63. The summed E-state index contributed by atoms with van der Waals surface area (Å²) in [7, 11) is 0. The van der Waals surface area contributed by atoms with Crippen LogP contribution < -0.4 is 5.43 Å². The van der Waals surface area contributed by atoms with Crippen LogP contribution in [-0.4, -0.2) is 37.7 Å². The number of aromatic nitrogens is 3. The number of aliphatic carboxylic acids is 1. The first kappa shape index (κ1) is 12.2. The summed E-state index contributed by atoms with van der Waals surface area (Å²) in [6.07, 6.45) is 0.810. The fourth-order valence-electron chi connectivity index (χ4n) is 1.71. The van der Waals surface area contributed by atoms with Crippen molar-refractivity contribution in [1.82, 2.24) is 14.9 Å². The van der Waals surface area contributed by atoms with Crippen molar-refractivity contribution in [3.8, 4) is 0 Å². The van der Waals surface area contributed by atoms with Gasteiger partial charge in [-0.3, -0.25) is 4.79 Å². The van der Waals surface area contributed by atoms with Gasteiger partial charge in [-0.05, 0) is 6.42 Å². The second kappa shape index (κ2) is 4.95. The number of nitrogens with zero attached hydrogens (tertiary/aromatic N) is 3. The van der Waals surface area contributed by atoms with Crippen LogP contribution in [0.25, 0.3) is 0 Å². The van der Waals surface area contributed by atoms with Gasteiger partial charge in [-0.25, -0.2) is 4.68 Å². The normalized spacial score (nSPS) is 18.9. The topological polar surface area (TPSA) is 80.0 Å². The van der Waals surface area contributed by atoms with E-state index in [1.54, 1.807) is 11.8 Å². The fraction of sp³-hybridized carbons (Fsp3) is 0.700. The summed E-state index contributed by atoms with van der Waals surface area (Å²) >= 11 is 1.62. The molecule has 0 radical (unpaired) electrons. The summed E-state index contributed by atoms with van der Waals surface area (Å²) in [5.41, 5.74) is 3.29. The Hall–Kier alpha value is -1.24. The Morgan fingerprint density at radius 1 is 1.65 bits per heavy atom. The van der Waals surface area contributed by atoms with Crippen LogP contribution in [-0.2, 0) is 4.79 Å². The second-order valence-electron chi connectivity index (χ2n) is 4.40. The average molecular weight is 256 g/mol. The van der Waals surface area contributed by atoms with Gasteiger partial charge in [0.15, 0.2) is 5.82 Å². The van der Waals surface area contributed by atoms with Crippen LogP contribution >= 0.6 is 11.8 Å². The molecule has 7 heteroatoms. The lowest BCUT2D eigenvalue weighted by atomic mass is 10.2. The third-order valence-electron chi connectivity index (χ3n) is 2.61. The van der Waals surface area contributed by atoms with E-state index in [0.717, 1.165) is 16.7 Å². The first-order valence-electron chi connectivity index (χ1n) is 5.64. The highest BCUT2D eigenvalue weighted by molar-refractivity contribution is 7.99. The van der Waals surface area contributed by atoms with Crippen LogP contribution in [0.5, 0.6) is 0 Å². The molecule has 1 atom stereocenters. The quantitative estimate of drug-likeness (QED) is 0.845. The lowest BCUT2D eigenvalue weighted by molar-refractivity contribution is -0.137. The molecule has 0 amide bonds. The van der Waals surface area contributed by atoms with Crippen LogP contribution in [0, 0.1) is 0 Å². The van der Waals surface area contributed by atoms with E-state index in [1.807, 2.05) is 4.68 Å². The SMILES string of the molecule is CC(C)c1nnc2n1NC(CCC(=O)O)CS2. The maximum Gasteiger partial charge on any atom is 0.303 e. The molecular weight excluding hydrogens is 240 g/mol. The van der Waals surface area contributed by atoms with Crippen LogP contribution in [0.15, 0.2) is 5.16 Å². The highest BCUT2D eigenvalue weighted by atomic mass is 32.2. The molecule has 1 aromatic heterocycles. The van der Waals surface area contributed by atoms with Crippen molar-refractivity contribution < 1.29 is 9.90 Å². The van der Waals surface area contributed by atoms with Gasteiger partial charge in [-0.1, -0.05) is 25.6 Å². The van der Waals surface area contributed by atoms with Crippen molar-refractivity contribution in [2.45, 2.75) is 43.8 Å². The summed E-state index contributed by atoms with van der Waals surface area (Å²) in [5, 5.41) is 17.8. The van der Waals surface area contributed by atoms with Gasteiger partial charge in [-0.2, -0.15) is 0 Å². The zero-order valence-electron chi connectivity index (χ0n) is 9.88. The summed E-state index contributed by atoms with van der Waals surface area (Å²) in [6, 6.07) is 0.164. The Kier molecular flexibility index (Phi) is 3.56. The average Bonchev–Trinajstić information content (AvgIpc) is 2.69. The minimum atomic E-state index is -0.754. The monoisotopic (exact) mass is 256 g/mol. The standard InChI is InChI=1S/C10H16N4O2S/c1-6(2)9-11-12-10-14(9)13-7(5-17-10)3-4-8(15)16/h6-7,13H,3-5H2,1-2H3,(H,15,16). The zero-order valence-corrected chi connectivity index (χ0v) is 10.7. The Morgan fingerprint density at radius 3 is 3.06 bits per heavy atom. The van der Waals surface area contributed by atoms with Crippen molar-refractivity contribution in [3.63, 3.8) is 0 Å². The smallest absolute Gasteiger partial charge is 0.303 e. The fourth-order valence-corrected chi connectivity index (χ4v) is 2.68. The molecule has 0 saturated heterocycles. The van der Waals surface area contributed by atoms with Gasteiger partial charge in [-0.15, -0.1) is 10.2 Å². The molecule has 6 nitrogen and oxygen atoms in total. The summed E-state index contributed by atoms with van der Waals surface area (Å²) in [5.74, 6) is 1.27. The lowest BCUT2D eigenvalue weighted by Gasteiger charge is -2.26. The maximum absolute atomic E-state index is 10.5. The number of carboxylic acid groups (broad SMARTS) is 1. The van der Waals surface area contributed by atoms with Crippen LogP contribution in [0.1, 0.15) is 38.4 Å². The van der Waals surface area contributed by atoms with Crippen molar-refractivity contribution in [2.75, 3.05) is 11.2 Å². The van der Waals surface area contributed by atoms with E-state index in [4.69, 9.17) is 5.11 Å². The van der Waals surface area contributed by atoms with Crippen molar-refractivity contribution in [1.29, 1.82) is 0 Å². The van der Waals surface area contributed by atoms with Gasteiger partial charge in [0.05, 0.1) is 6.04 Å². The number of hydrogen-bond acceptors (Lipinski definition) is 5. The molecule has 2 rings (SSSR count). The summed E-state index contributed by atoms with van der Waals surface area (Å²) in [6.45, 7) is 4.12. The van der Waals surface area contributed by atoms with E-state index < -0.39 is 5.97 Å². The molecule has 1 unspecified atom stereocenters. The molecule has 0 spiro atoms. The number of carboxylic acids is 1. The number of hydrogen-bond donors (Lipinski definition) is 2. The van der Waals surface area contributed by atoms with Gasteiger partial charge in [0.25, 0.3) is 0 Å². The molecule has 94 valence electrons. The van der Waals surface area contributed by atoms with E-state index in [9.17, 15) is 4.79 Å². The van der Waals surface area contributed by atoms with Crippen LogP contribution in [0.3, 0.4) is 0 Å². The molecule has 17 heavy (non-hydrogen) atoms. The Morgan fingerprint density at radius 2 is 2.41 bits per heavy atom. The van der Waals surface area contributed by atoms with E-state index in [2.05, 4.69) is 29.5 Å². The molecule has 0 saturated carbocycles. The molecule has 1 aromatic rings. The van der Waals surface area contributed by atoms with Crippen molar-refractivity contribution in [2.24, 2.45) is 0 Å². The highest BCUT2D eigenvalue weighted by Crippen LogP contribution is 2.26. The van der Waals surface area contributed by atoms with Crippen LogP contribution in [0.2, 0.25) is 0 Å². The number of nitrogens with one attached hydrogen (secondary N) is 1. The van der Waals surface area contributed by atoms with E-state index in [1.165, 1.54) is 0 Å². The predicted octanol–water partition coefficient (Wildman–Crippen LogP) is 1.28. The molecular formula is C10H16N4O2S. The van der Waals surface area contributed by atoms with E-state index in [-0.39, 0.29) is 12.5 Å². The second-order valence-corrected chi connectivity index (χ2v) is 5.39. The first-order chi connectivity index (χ1) is 8.08. The minimum Gasteiger partial charge on any atom is -0.481 e. The maximum atomic E-state index is 10.5. The Balaban J connectivity index is 2.06. The van der Waals surface area contributed by atoms with Gasteiger partial charge in [0.1, 0.15) is 0 Å². The number of thioether (sulfide) groups is 1. The molecule has 1 aliphatic rings. The number of carbonyl (C=O) groups is 1. The zero-order chi connectivity index (χ0) is 12.4. The molecule has 2 heterocycles. The number of rotatable bonds is 4. The van der Waals surface area contributed by atoms with Gasteiger partial charge < -0.3 is 10.5 Å². The number of fused-ring (bicyclic) bond motifs is 1. The lowest BCUT2D eigenvalue weighted by Crippen LogP contribution is -2.36. The predicted molar refractivity (Wildman–Crippen MR) is 64.9 cm³/mol. The molecule has 2 N–H and O–H groups in total. The van der Waals surface area contributed by atoms with E-state index in [0.29, 0.717) is 12.3 Å². The third-order valence-corrected chi connectivity index (χ3v) is 3.70. The molecule has 0 aliphatic carbocycles. The van der Waals surface area contributed by atoms with Crippen molar-refractivity contribution >= 4 is 17.7 Å². The molecule has 1 aliphatic heterocycles. The molecule has 0 fully saturated rings. The van der Waals surface area contributed by atoms with Gasteiger partial charge >= 0.3 is 5.97 Å². The summed E-state index contributed by atoms with van der Waals surface area (Å²) < 4.78 is 1.89. The summed E-state index contributed by atoms with van der Waals surface area (Å²) in [4.78, 5) is 10.5. The minimum absolute atomic E-state index is 0.164. The van der Waals surface area contributed by atoms with Crippen molar-refractivity contribution in [3.05, 3.63) is 5.82 Å². The Bertz CT molecular complexity index is 418. The van der Waals surface area contributed by atoms with Gasteiger partial charge in [0.2, 0.25) is 5.16 Å². The van der Waals surface area contributed by atoms with E-state index >= 15 is 0 Å². The largest absolute Gasteiger partial charge is 0.481 e. The highest BCUT2D eigenvalue weighted by Gasteiger charge is 2.24. The molecule has 0 bridgehead atoms. The molecule has 0 aromatic carbocycles.